The number of hydrogen-bond donors (Lipinski definition) is 1. The molecule has 1 atom stereocenters. The van der Waals surface area contributed by atoms with Gasteiger partial charge in [-0.15, -0.1) is 0 Å². The van der Waals surface area contributed by atoms with Gasteiger partial charge in [0.1, 0.15) is 5.75 Å². The smallest absolute Gasteiger partial charge is 0.125 e. The van der Waals surface area contributed by atoms with Gasteiger partial charge in [-0.2, -0.15) is 0 Å². The summed E-state index contributed by atoms with van der Waals surface area (Å²) in [6, 6.07) is 7.46. The molecule has 1 N–H and O–H groups in total. The summed E-state index contributed by atoms with van der Waals surface area (Å²) in [6.07, 6.45) is 5.15. The van der Waals surface area contributed by atoms with Gasteiger partial charge in [0, 0.05) is 29.9 Å². The first-order valence-electron chi connectivity index (χ1n) is 7.83. The van der Waals surface area contributed by atoms with Gasteiger partial charge in [-0.1, -0.05) is 19.4 Å². The van der Waals surface area contributed by atoms with Gasteiger partial charge in [0.05, 0.1) is 7.11 Å². The lowest BCUT2D eigenvalue weighted by atomic mass is 10.0. The number of benzene rings is 1. The minimum atomic E-state index is 0.295. The van der Waals surface area contributed by atoms with E-state index in [0.717, 1.165) is 18.3 Å². The molecule has 1 aliphatic rings. The molecule has 1 aromatic rings. The van der Waals surface area contributed by atoms with Crippen molar-refractivity contribution in [1.82, 2.24) is 5.32 Å². The number of unbranched alkanes of at least 4 members (excludes halogenated alkanes) is 1. The molecule has 112 valence electrons. The molecule has 1 fully saturated rings. The van der Waals surface area contributed by atoms with Crippen LogP contribution in [0.3, 0.4) is 0 Å². The third kappa shape index (κ3) is 3.26. The first-order valence-corrected chi connectivity index (χ1v) is 7.83. The maximum Gasteiger partial charge on any atom is 0.125 e. The molecule has 0 radical (unpaired) electrons. The van der Waals surface area contributed by atoms with Crippen LogP contribution in [-0.2, 0) is 0 Å². The Balaban J connectivity index is 2.36. The summed E-state index contributed by atoms with van der Waals surface area (Å²) in [7, 11) is 3.77. The lowest BCUT2D eigenvalue weighted by Crippen LogP contribution is -2.29. The fourth-order valence-electron chi connectivity index (χ4n) is 2.75. The summed E-state index contributed by atoms with van der Waals surface area (Å²) in [5.41, 5.74) is 2.64. The predicted molar refractivity (Wildman–Crippen MR) is 85.7 cm³/mol. The third-order valence-electron chi connectivity index (χ3n) is 4.18. The first kappa shape index (κ1) is 15.2. The van der Waals surface area contributed by atoms with Gasteiger partial charge in [-0.05, 0) is 45.4 Å². The number of nitrogens with one attached hydrogen (secondary N) is 1. The van der Waals surface area contributed by atoms with Crippen molar-refractivity contribution in [1.29, 1.82) is 0 Å². The Hall–Kier alpha value is -1.22. The van der Waals surface area contributed by atoms with E-state index in [2.05, 4.69) is 42.3 Å². The molecule has 0 saturated heterocycles. The van der Waals surface area contributed by atoms with E-state index in [-0.39, 0.29) is 0 Å². The molecule has 1 aromatic carbocycles. The van der Waals surface area contributed by atoms with Crippen molar-refractivity contribution in [3.63, 3.8) is 0 Å². The molecule has 0 bridgehead atoms. The molecule has 0 aliphatic heterocycles. The second kappa shape index (κ2) is 6.98. The number of rotatable bonds is 8. The highest BCUT2D eigenvalue weighted by atomic mass is 16.5. The molecule has 3 heteroatoms. The Morgan fingerprint density at radius 1 is 1.40 bits per heavy atom. The van der Waals surface area contributed by atoms with Crippen molar-refractivity contribution in [3.05, 3.63) is 23.8 Å². The number of ether oxygens (including phenoxy) is 1. The van der Waals surface area contributed by atoms with Crippen LogP contribution in [0, 0.1) is 0 Å². The molecule has 3 nitrogen and oxygen atoms in total. The zero-order chi connectivity index (χ0) is 14.5. The van der Waals surface area contributed by atoms with Crippen LogP contribution in [0.2, 0.25) is 0 Å². The Bertz CT molecular complexity index is 429. The topological polar surface area (TPSA) is 24.5 Å². The summed E-state index contributed by atoms with van der Waals surface area (Å²) in [4.78, 5) is 2.59. The van der Waals surface area contributed by atoms with E-state index < -0.39 is 0 Å². The van der Waals surface area contributed by atoms with Gasteiger partial charge in [0.2, 0.25) is 0 Å². The van der Waals surface area contributed by atoms with E-state index in [1.54, 1.807) is 7.11 Å². The molecule has 2 rings (SSSR count). The van der Waals surface area contributed by atoms with Crippen molar-refractivity contribution in [2.45, 2.75) is 51.6 Å². The molecule has 0 aromatic heterocycles. The van der Waals surface area contributed by atoms with Crippen molar-refractivity contribution < 1.29 is 4.74 Å². The Labute approximate surface area is 123 Å². The second-order valence-electron chi connectivity index (χ2n) is 5.68. The van der Waals surface area contributed by atoms with Crippen molar-refractivity contribution >= 4 is 5.69 Å². The van der Waals surface area contributed by atoms with Crippen LogP contribution in [0.25, 0.3) is 0 Å². The molecule has 20 heavy (non-hydrogen) atoms. The van der Waals surface area contributed by atoms with Crippen LogP contribution in [0.5, 0.6) is 5.75 Å². The highest BCUT2D eigenvalue weighted by Crippen LogP contribution is 2.39. The zero-order valence-corrected chi connectivity index (χ0v) is 13.3. The van der Waals surface area contributed by atoms with E-state index in [0.29, 0.717) is 6.04 Å². The number of nitrogens with zero attached hydrogens (tertiary/aromatic N) is 1. The summed E-state index contributed by atoms with van der Waals surface area (Å²) in [5, 5.41) is 3.36. The molecule has 0 amide bonds. The molecule has 0 heterocycles. The highest BCUT2D eigenvalue weighted by molar-refractivity contribution is 5.62. The second-order valence-corrected chi connectivity index (χ2v) is 5.68. The van der Waals surface area contributed by atoms with Crippen molar-refractivity contribution in [2.75, 3.05) is 25.6 Å². The fraction of sp³-hybridized carbons (Fsp3) is 0.647. The van der Waals surface area contributed by atoms with Gasteiger partial charge in [0.15, 0.2) is 0 Å². The quantitative estimate of drug-likeness (QED) is 0.782. The van der Waals surface area contributed by atoms with Crippen LogP contribution in [-0.4, -0.2) is 26.7 Å². The summed E-state index contributed by atoms with van der Waals surface area (Å²) < 4.78 is 5.60. The molecular formula is C17H28N2O. The van der Waals surface area contributed by atoms with Gasteiger partial charge < -0.3 is 15.0 Å². The average molecular weight is 276 g/mol. The largest absolute Gasteiger partial charge is 0.496 e. The molecule has 1 unspecified atom stereocenters. The summed E-state index contributed by atoms with van der Waals surface area (Å²) >= 11 is 0. The number of hydrogen-bond acceptors (Lipinski definition) is 3. The van der Waals surface area contributed by atoms with E-state index >= 15 is 0 Å². The van der Waals surface area contributed by atoms with Gasteiger partial charge in [-0.25, -0.2) is 0 Å². The van der Waals surface area contributed by atoms with Crippen LogP contribution in [0.1, 0.15) is 51.1 Å². The van der Waals surface area contributed by atoms with Crippen LogP contribution in [0.15, 0.2) is 18.2 Å². The van der Waals surface area contributed by atoms with Crippen LogP contribution >= 0.6 is 0 Å². The third-order valence-corrected chi connectivity index (χ3v) is 4.18. The number of anilines is 1. The molecule has 1 aliphatic carbocycles. The maximum atomic E-state index is 5.60. The minimum absolute atomic E-state index is 0.295. The lowest BCUT2D eigenvalue weighted by molar-refractivity contribution is 0.403. The van der Waals surface area contributed by atoms with Crippen LogP contribution < -0.4 is 15.0 Å². The van der Waals surface area contributed by atoms with Gasteiger partial charge in [-0.3, -0.25) is 0 Å². The SMILES string of the molecule is CCCCN(c1cccc(OC)c1C(C)NC)C1CC1. The van der Waals surface area contributed by atoms with Gasteiger partial charge in [0.25, 0.3) is 0 Å². The number of methoxy groups -OCH3 is 1. The van der Waals surface area contributed by atoms with E-state index in [4.69, 9.17) is 4.74 Å². The summed E-state index contributed by atoms with van der Waals surface area (Å²) in [5.74, 6) is 0.992. The molecule has 0 spiro atoms. The first-order chi connectivity index (χ1) is 9.72. The highest BCUT2D eigenvalue weighted by Gasteiger charge is 2.31. The monoisotopic (exact) mass is 276 g/mol. The van der Waals surface area contributed by atoms with Gasteiger partial charge >= 0.3 is 0 Å². The predicted octanol–water partition coefficient (Wildman–Crippen LogP) is 3.74. The van der Waals surface area contributed by atoms with E-state index in [1.165, 1.54) is 36.9 Å². The Morgan fingerprint density at radius 2 is 2.15 bits per heavy atom. The molecule has 1 saturated carbocycles. The summed E-state index contributed by atoms with van der Waals surface area (Å²) in [6.45, 7) is 5.61. The minimum Gasteiger partial charge on any atom is -0.496 e. The lowest BCUT2D eigenvalue weighted by Gasteiger charge is -2.30. The fourth-order valence-corrected chi connectivity index (χ4v) is 2.75. The molecular weight excluding hydrogens is 248 g/mol. The van der Waals surface area contributed by atoms with Crippen molar-refractivity contribution in [3.8, 4) is 5.75 Å². The standard InChI is InChI=1S/C17H28N2O/c1-5-6-12-19(14-10-11-14)15-8-7-9-16(20-4)17(15)13(2)18-3/h7-9,13-14,18H,5-6,10-12H2,1-4H3. The zero-order valence-electron chi connectivity index (χ0n) is 13.3. The Kier molecular flexibility index (Phi) is 5.30. The van der Waals surface area contributed by atoms with Crippen molar-refractivity contribution in [2.24, 2.45) is 0 Å². The van der Waals surface area contributed by atoms with E-state index in [1.807, 2.05) is 7.05 Å². The average Bonchev–Trinajstić information content (AvgIpc) is 3.31. The maximum absolute atomic E-state index is 5.60. The normalized spacial score (nSPS) is 16.0. The Morgan fingerprint density at radius 3 is 2.70 bits per heavy atom. The van der Waals surface area contributed by atoms with E-state index in [9.17, 15) is 0 Å². The van der Waals surface area contributed by atoms with Crippen LogP contribution in [0.4, 0.5) is 5.69 Å².